The van der Waals surface area contributed by atoms with Crippen LogP contribution in [0.1, 0.15) is 39.7 Å². The van der Waals surface area contributed by atoms with Gasteiger partial charge in [0.1, 0.15) is 0 Å². The fraction of sp³-hybridized carbons (Fsp3) is 0.476. The van der Waals surface area contributed by atoms with Crippen LogP contribution in [-0.2, 0) is 18.1 Å². The van der Waals surface area contributed by atoms with Crippen molar-refractivity contribution in [3.8, 4) is 0 Å². The monoisotopic (exact) mass is 387 g/mol. The van der Waals surface area contributed by atoms with Gasteiger partial charge in [-0.1, -0.05) is 25.1 Å². The van der Waals surface area contributed by atoms with Crippen LogP contribution in [0.2, 0.25) is 5.54 Å². The maximum atomic E-state index is 12.9. The minimum absolute atomic E-state index is 0.0196. The predicted molar refractivity (Wildman–Crippen MR) is 111 cm³/mol. The van der Waals surface area contributed by atoms with E-state index in [4.69, 9.17) is 13.3 Å². The molecule has 27 heavy (non-hydrogen) atoms. The largest absolute Gasteiger partial charge is 0.513 e. The second kappa shape index (κ2) is 8.52. The van der Waals surface area contributed by atoms with Gasteiger partial charge < -0.3 is 18.6 Å². The molecule has 1 unspecified atom stereocenters. The minimum Gasteiger partial charge on any atom is -0.385 e. The van der Waals surface area contributed by atoms with Gasteiger partial charge in [-0.25, -0.2) is 0 Å². The quantitative estimate of drug-likeness (QED) is 0.625. The van der Waals surface area contributed by atoms with Crippen LogP contribution in [0.25, 0.3) is 17.7 Å². The molecular formula is C21H29NO4Si. The highest BCUT2D eigenvalue weighted by atomic mass is 28.4. The van der Waals surface area contributed by atoms with Gasteiger partial charge >= 0.3 is 8.80 Å². The summed E-state index contributed by atoms with van der Waals surface area (Å²) in [7, 11) is -3.10. The first-order valence-corrected chi connectivity index (χ1v) is 11.7. The first kappa shape index (κ1) is 20.0. The molecule has 5 nitrogen and oxygen atoms in total. The zero-order valence-electron chi connectivity index (χ0n) is 16.6. The Morgan fingerprint density at radius 3 is 2.26 bits per heavy atom. The van der Waals surface area contributed by atoms with Crippen LogP contribution >= 0.6 is 0 Å². The topological polar surface area (TPSA) is 56.8 Å². The Labute approximate surface area is 162 Å². The van der Waals surface area contributed by atoms with Crippen molar-refractivity contribution < 1.29 is 18.1 Å². The lowest BCUT2D eigenvalue weighted by Gasteiger charge is -2.33. The maximum absolute atomic E-state index is 12.9. The van der Waals surface area contributed by atoms with Crippen molar-refractivity contribution in [2.75, 3.05) is 31.7 Å². The number of allylic oxidation sites excluding steroid dienone is 1. The SMILES string of the molecule is CCCNc1ccc2c3c1=CC([Si](OCC)(OCC)OCC)C=3C(=O)C=C2. The summed E-state index contributed by atoms with van der Waals surface area (Å²) in [5, 5.41) is 5.56. The van der Waals surface area contributed by atoms with Crippen LogP contribution in [0.4, 0.5) is 5.69 Å². The molecule has 1 N–H and O–H groups in total. The third-order valence-corrected chi connectivity index (χ3v) is 8.14. The first-order chi connectivity index (χ1) is 13.1. The Morgan fingerprint density at radius 2 is 1.67 bits per heavy atom. The number of nitrogens with one attached hydrogen (secondary N) is 1. The highest BCUT2D eigenvalue weighted by Crippen LogP contribution is 2.38. The molecule has 0 spiro atoms. The van der Waals surface area contributed by atoms with E-state index in [9.17, 15) is 4.79 Å². The molecule has 0 saturated heterocycles. The van der Waals surface area contributed by atoms with Crippen LogP contribution in [0.3, 0.4) is 0 Å². The molecule has 0 radical (unpaired) electrons. The molecule has 1 atom stereocenters. The van der Waals surface area contributed by atoms with Gasteiger partial charge in [0, 0.05) is 42.8 Å². The number of rotatable bonds is 10. The third kappa shape index (κ3) is 3.54. The van der Waals surface area contributed by atoms with Crippen LogP contribution in [-0.4, -0.2) is 41.0 Å². The molecule has 2 aliphatic rings. The molecule has 2 aliphatic carbocycles. The highest BCUT2D eigenvalue weighted by molar-refractivity contribution is 6.68. The van der Waals surface area contributed by atoms with E-state index >= 15 is 0 Å². The molecule has 146 valence electrons. The van der Waals surface area contributed by atoms with Gasteiger partial charge in [0.15, 0.2) is 5.78 Å². The smallest absolute Gasteiger partial charge is 0.385 e. The van der Waals surface area contributed by atoms with Crippen molar-refractivity contribution in [1.82, 2.24) is 0 Å². The molecule has 1 aromatic carbocycles. The van der Waals surface area contributed by atoms with Crippen LogP contribution in [0, 0.1) is 0 Å². The van der Waals surface area contributed by atoms with E-state index in [1.807, 2.05) is 26.8 Å². The summed E-state index contributed by atoms with van der Waals surface area (Å²) in [5.41, 5.74) is 2.58. The molecule has 1 aromatic rings. The lowest BCUT2D eigenvalue weighted by molar-refractivity contribution is -0.109. The average Bonchev–Trinajstić information content (AvgIpc) is 3.07. The molecule has 0 bridgehead atoms. The normalized spacial score (nSPS) is 17.9. The van der Waals surface area contributed by atoms with Crippen LogP contribution in [0.5, 0.6) is 0 Å². The Hall–Kier alpha value is -1.73. The number of hydrogen-bond acceptors (Lipinski definition) is 5. The summed E-state index contributed by atoms with van der Waals surface area (Å²) in [6.45, 7) is 10.3. The van der Waals surface area contributed by atoms with E-state index in [0.717, 1.165) is 40.2 Å². The van der Waals surface area contributed by atoms with Crippen LogP contribution < -0.4 is 15.8 Å². The van der Waals surface area contributed by atoms with Gasteiger partial charge in [0.2, 0.25) is 0 Å². The molecule has 0 fully saturated rings. The molecule has 6 heteroatoms. The summed E-state index contributed by atoms with van der Waals surface area (Å²) in [6.07, 6.45) is 6.71. The number of hydrogen-bond donors (Lipinski definition) is 1. The van der Waals surface area contributed by atoms with Gasteiger partial charge in [0.05, 0.1) is 5.54 Å². The van der Waals surface area contributed by atoms with E-state index in [0.29, 0.717) is 19.8 Å². The Kier molecular flexibility index (Phi) is 6.32. The third-order valence-electron chi connectivity index (χ3n) is 4.85. The van der Waals surface area contributed by atoms with Gasteiger partial charge in [0.25, 0.3) is 0 Å². The summed E-state index contributed by atoms with van der Waals surface area (Å²) < 4.78 is 18.4. The van der Waals surface area contributed by atoms with Gasteiger partial charge in [-0.3, -0.25) is 4.79 Å². The van der Waals surface area contributed by atoms with E-state index in [2.05, 4.69) is 30.4 Å². The Balaban J connectivity index is 2.22. The number of benzene rings is 1. The molecular weight excluding hydrogens is 358 g/mol. The van der Waals surface area contributed by atoms with E-state index in [1.54, 1.807) is 6.08 Å². The van der Waals surface area contributed by atoms with Crippen molar-refractivity contribution in [1.29, 1.82) is 0 Å². The van der Waals surface area contributed by atoms with E-state index < -0.39 is 8.80 Å². The zero-order valence-corrected chi connectivity index (χ0v) is 17.6. The lowest BCUT2D eigenvalue weighted by Crippen LogP contribution is -2.50. The molecule has 3 rings (SSSR count). The average molecular weight is 388 g/mol. The highest BCUT2D eigenvalue weighted by Gasteiger charge is 2.53. The molecule has 0 saturated carbocycles. The van der Waals surface area contributed by atoms with Gasteiger partial charge in [-0.05, 0) is 50.1 Å². The lowest BCUT2D eigenvalue weighted by atomic mass is 9.98. The van der Waals surface area contributed by atoms with E-state index in [1.165, 1.54) is 0 Å². The maximum Gasteiger partial charge on any atom is 0.513 e. The summed E-state index contributed by atoms with van der Waals surface area (Å²) in [6, 6.07) is 4.16. The fourth-order valence-corrected chi connectivity index (χ4v) is 6.88. The number of ketones is 1. The van der Waals surface area contributed by atoms with Crippen molar-refractivity contribution in [3.63, 3.8) is 0 Å². The number of anilines is 1. The van der Waals surface area contributed by atoms with Gasteiger partial charge in [-0.15, -0.1) is 0 Å². The Morgan fingerprint density at radius 1 is 1.00 bits per heavy atom. The molecule has 0 aliphatic heterocycles. The summed E-state index contributed by atoms with van der Waals surface area (Å²) in [4.78, 5) is 12.9. The number of carbonyl (C=O) groups excluding carboxylic acids is 1. The molecule has 0 amide bonds. The number of carbonyl (C=O) groups is 1. The molecule has 0 aromatic heterocycles. The fourth-order valence-electron chi connectivity index (χ4n) is 3.88. The second-order valence-electron chi connectivity index (χ2n) is 6.58. The Bertz CT molecular complexity index is 845. The van der Waals surface area contributed by atoms with Crippen molar-refractivity contribution >= 4 is 38.0 Å². The van der Waals surface area contributed by atoms with Crippen LogP contribution in [0.15, 0.2) is 18.2 Å². The zero-order chi connectivity index (χ0) is 19.4. The summed E-state index contributed by atoms with van der Waals surface area (Å²) in [5.74, 6) is 0.0196. The van der Waals surface area contributed by atoms with E-state index in [-0.39, 0.29) is 11.3 Å². The van der Waals surface area contributed by atoms with Crippen molar-refractivity contribution in [2.45, 2.75) is 39.7 Å². The van der Waals surface area contributed by atoms with Crippen molar-refractivity contribution in [2.24, 2.45) is 0 Å². The minimum atomic E-state index is -3.10. The predicted octanol–water partition coefficient (Wildman–Crippen LogP) is 2.47. The first-order valence-electron chi connectivity index (χ1n) is 9.89. The molecule has 0 heterocycles. The van der Waals surface area contributed by atoms with Crippen molar-refractivity contribution in [3.05, 3.63) is 34.2 Å². The second-order valence-corrected chi connectivity index (χ2v) is 9.27. The summed E-state index contributed by atoms with van der Waals surface area (Å²) >= 11 is 0. The van der Waals surface area contributed by atoms with Gasteiger partial charge in [-0.2, -0.15) is 0 Å². The standard InChI is InChI=1S/C21H29NO4Si/c1-5-13-22-17-11-9-15-10-12-18(23)21-19(14-16(17)20(15)21)27(24-6-2,25-7-3)26-8-4/h9-12,14,19,22H,5-8,13H2,1-4H3.